The molecule has 2 heterocycles. The van der Waals surface area contributed by atoms with Crippen molar-refractivity contribution in [3.05, 3.63) is 71.4 Å². The van der Waals surface area contributed by atoms with Crippen molar-refractivity contribution >= 4 is 17.2 Å². The Morgan fingerprint density at radius 1 is 0.897 bits per heavy atom. The maximum absolute atomic E-state index is 5.64. The van der Waals surface area contributed by atoms with Crippen molar-refractivity contribution in [3.8, 4) is 22.8 Å². The van der Waals surface area contributed by atoms with E-state index in [1.807, 2.05) is 24.4 Å². The third-order valence-electron chi connectivity index (χ3n) is 5.17. The number of aromatic nitrogens is 2. The van der Waals surface area contributed by atoms with Crippen LogP contribution >= 0.6 is 0 Å². The second-order valence-corrected chi connectivity index (χ2v) is 7.20. The van der Waals surface area contributed by atoms with Crippen LogP contribution in [0.1, 0.15) is 16.7 Å². The fourth-order valence-corrected chi connectivity index (χ4v) is 3.58. The standard InChI is InChI=1S/C24H25N3O2/c1-15-11-12-27-21(13-15)25-23(19-14-18(28-4)9-10-20(19)29-5)24(27)26-22-16(2)7-6-8-17(22)3/h6-14,26H,1-5H3. The summed E-state index contributed by atoms with van der Waals surface area (Å²) in [5.74, 6) is 2.39. The summed E-state index contributed by atoms with van der Waals surface area (Å²) in [6, 6.07) is 16.2. The van der Waals surface area contributed by atoms with Gasteiger partial charge < -0.3 is 14.8 Å². The number of ether oxygens (including phenoxy) is 2. The van der Waals surface area contributed by atoms with Crippen molar-refractivity contribution in [2.24, 2.45) is 0 Å². The third-order valence-corrected chi connectivity index (χ3v) is 5.17. The molecule has 0 spiro atoms. The summed E-state index contributed by atoms with van der Waals surface area (Å²) in [7, 11) is 3.33. The number of para-hydroxylation sites is 1. The molecule has 2 aromatic carbocycles. The first kappa shape index (κ1) is 18.9. The van der Waals surface area contributed by atoms with Crippen LogP contribution in [0.4, 0.5) is 11.5 Å². The van der Waals surface area contributed by atoms with Gasteiger partial charge in [0.15, 0.2) is 0 Å². The lowest BCUT2D eigenvalue weighted by atomic mass is 10.1. The summed E-state index contributed by atoms with van der Waals surface area (Å²) in [4.78, 5) is 4.95. The van der Waals surface area contributed by atoms with Crippen LogP contribution in [0.5, 0.6) is 11.5 Å². The van der Waals surface area contributed by atoms with Gasteiger partial charge in [-0.2, -0.15) is 0 Å². The largest absolute Gasteiger partial charge is 0.497 e. The summed E-state index contributed by atoms with van der Waals surface area (Å²) < 4.78 is 13.2. The summed E-state index contributed by atoms with van der Waals surface area (Å²) >= 11 is 0. The van der Waals surface area contributed by atoms with Gasteiger partial charge in [0.05, 0.1) is 14.2 Å². The molecular formula is C24H25N3O2. The van der Waals surface area contributed by atoms with Gasteiger partial charge in [-0.15, -0.1) is 0 Å². The molecule has 4 rings (SSSR count). The van der Waals surface area contributed by atoms with Crippen LogP contribution in [0.15, 0.2) is 54.7 Å². The number of hydrogen-bond donors (Lipinski definition) is 1. The lowest BCUT2D eigenvalue weighted by Crippen LogP contribution is -2.01. The van der Waals surface area contributed by atoms with Crippen LogP contribution in [-0.2, 0) is 0 Å². The Balaban J connectivity index is 1.99. The van der Waals surface area contributed by atoms with E-state index in [1.54, 1.807) is 14.2 Å². The van der Waals surface area contributed by atoms with Gasteiger partial charge in [0.25, 0.3) is 0 Å². The van der Waals surface area contributed by atoms with Crippen LogP contribution in [0.3, 0.4) is 0 Å². The molecule has 148 valence electrons. The van der Waals surface area contributed by atoms with Crippen molar-refractivity contribution in [2.45, 2.75) is 20.8 Å². The Morgan fingerprint density at radius 3 is 2.34 bits per heavy atom. The number of nitrogens with zero attached hydrogens (tertiary/aromatic N) is 2. The summed E-state index contributed by atoms with van der Waals surface area (Å²) in [5.41, 5.74) is 7.16. The monoisotopic (exact) mass is 387 g/mol. The van der Waals surface area contributed by atoms with E-state index in [-0.39, 0.29) is 0 Å². The van der Waals surface area contributed by atoms with E-state index < -0.39 is 0 Å². The van der Waals surface area contributed by atoms with Gasteiger partial charge in [-0.3, -0.25) is 4.40 Å². The van der Waals surface area contributed by atoms with Gasteiger partial charge in [0.1, 0.15) is 28.7 Å². The molecule has 0 aliphatic rings. The predicted molar refractivity (Wildman–Crippen MR) is 118 cm³/mol. The molecule has 0 amide bonds. The van der Waals surface area contributed by atoms with E-state index in [1.165, 1.54) is 11.1 Å². The van der Waals surface area contributed by atoms with Crippen LogP contribution in [0.25, 0.3) is 16.9 Å². The quantitative estimate of drug-likeness (QED) is 0.478. The maximum Gasteiger partial charge on any atom is 0.143 e. The smallest absolute Gasteiger partial charge is 0.143 e. The Kier molecular flexibility index (Phi) is 4.89. The van der Waals surface area contributed by atoms with E-state index in [2.05, 4.69) is 60.8 Å². The number of methoxy groups -OCH3 is 2. The van der Waals surface area contributed by atoms with E-state index in [0.29, 0.717) is 0 Å². The molecule has 0 radical (unpaired) electrons. The summed E-state index contributed by atoms with van der Waals surface area (Å²) in [6.45, 7) is 6.28. The molecule has 0 bridgehead atoms. The van der Waals surface area contributed by atoms with Gasteiger partial charge in [-0.25, -0.2) is 4.98 Å². The van der Waals surface area contributed by atoms with Crippen LogP contribution < -0.4 is 14.8 Å². The number of hydrogen-bond acceptors (Lipinski definition) is 4. The zero-order valence-corrected chi connectivity index (χ0v) is 17.4. The second-order valence-electron chi connectivity index (χ2n) is 7.20. The molecule has 29 heavy (non-hydrogen) atoms. The third kappa shape index (κ3) is 3.40. The fourth-order valence-electron chi connectivity index (χ4n) is 3.58. The van der Waals surface area contributed by atoms with E-state index in [4.69, 9.17) is 14.5 Å². The Labute approximate surface area is 170 Å². The predicted octanol–water partition coefficient (Wildman–Crippen LogP) is 5.69. The van der Waals surface area contributed by atoms with Crippen molar-refractivity contribution in [3.63, 3.8) is 0 Å². The van der Waals surface area contributed by atoms with Gasteiger partial charge in [0, 0.05) is 17.4 Å². The average Bonchev–Trinajstić information content (AvgIpc) is 3.07. The molecule has 0 atom stereocenters. The molecule has 0 fully saturated rings. The number of anilines is 2. The number of pyridine rings is 1. The molecule has 4 aromatic rings. The van der Waals surface area contributed by atoms with E-state index >= 15 is 0 Å². The van der Waals surface area contributed by atoms with Crippen LogP contribution in [0.2, 0.25) is 0 Å². The normalized spacial score (nSPS) is 10.9. The van der Waals surface area contributed by atoms with Gasteiger partial charge in [-0.05, 0) is 67.8 Å². The van der Waals surface area contributed by atoms with E-state index in [9.17, 15) is 0 Å². The molecule has 1 N–H and O–H groups in total. The minimum Gasteiger partial charge on any atom is -0.497 e. The highest BCUT2D eigenvalue weighted by atomic mass is 16.5. The van der Waals surface area contributed by atoms with Crippen molar-refractivity contribution in [2.75, 3.05) is 19.5 Å². The number of benzene rings is 2. The molecule has 0 aliphatic carbocycles. The molecule has 0 saturated carbocycles. The first-order chi connectivity index (χ1) is 14.0. The topological polar surface area (TPSA) is 47.8 Å². The number of fused-ring (bicyclic) bond motifs is 1. The lowest BCUT2D eigenvalue weighted by Gasteiger charge is -2.15. The Hall–Kier alpha value is -3.47. The molecule has 0 unspecified atom stereocenters. The highest BCUT2D eigenvalue weighted by molar-refractivity contribution is 5.84. The summed E-state index contributed by atoms with van der Waals surface area (Å²) in [5, 5.41) is 3.64. The average molecular weight is 387 g/mol. The highest BCUT2D eigenvalue weighted by Gasteiger charge is 2.20. The van der Waals surface area contributed by atoms with Crippen LogP contribution in [0, 0.1) is 20.8 Å². The fraction of sp³-hybridized carbons (Fsp3) is 0.208. The summed E-state index contributed by atoms with van der Waals surface area (Å²) in [6.07, 6.45) is 2.05. The number of nitrogens with one attached hydrogen (secondary N) is 1. The number of aryl methyl sites for hydroxylation is 3. The molecule has 5 nitrogen and oxygen atoms in total. The van der Waals surface area contributed by atoms with Crippen molar-refractivity contribution in [1.82, 2.24) is 9.38 Å². The first-order valence-corrected chi connectivity index (χ1v) is 9.56. The van der Waals surface area contributed by atoms with Crippen LogP contribution in [-0.4, -0.2) is 23.6 Å². The van der Waals surface area contributed by atoms with E-state index in [0.717, 1.165) is 45.5 Å². The number of rotatable bonds is 5. The maximum atomic E-state index is 5.64. The van der Waals surface area contributed by atoms with Gasteiger partial charge in [-0.1, -0.05) is 18.2 Å². The van der Waals surface area contributed by atoms with Crippen molar-refractivity contribution < 1.29 is 9.47 Å². The first-order valence-electron chi connectivity index (χ1n) is 9.56. The molecule has 5 heteroatoms. The molecule has 0 saturated heterocycles. The zero-order chi connectivity index (χ0) is 20.5. The zero-order valence-electron chi connectivity index (χ0n) is 17.4. The molecular weight excluding hydrogens is 362 g/mol. The molecule has 2 aromatic heterocycles. The Morgan fingerprint density at radius 2 is 1.66 bits per heavy atom. The second kappa shape index (κ2) is 7.51. The minimum absolute atomic E-state index is 0.746. The van der Waals surface area contributed by atoms with Crippen molar-refractivity contribution in [1.29, 1.82) is 0 Å². The molecule has 0 aliphatic heterocycles. The lowest BCUT2D eigenvalue weighted by molar-refractivity contribution is 0.404. The highest BCUT2D eigenvalue weighted by Crippen LogP contribution is 2.39. The minimum atomic E-state index is 0.746. The Bertz CT molecular complexity index is 1170. The number of imidazole rings is 1. The van der Waals surface area contributed by atoms with Gasteiger partial charge in [0.2, 0.25) is 0 Å². The van der Waals surface area contributed by atoms with Gasteiger partial charge >= 0.3 is 0 Å². The SMILES string of the molecule is COc1ccc(OC)c(-c2nc3cc(C)ccn3c2Nc2c(C)cccc2C)c1.